The molecule has 0 aliphatic rings. The molecular formula is C14H13ClN2O2. The molecule has 19 heavy (non-hydrogen) atoms. The van der Waals surface area contributed by atoms with Crippen molar-refractivity contribution in [1.29, 1.82) is 0 Å². The van der Waals surface area contributed by atoms with Crippen LogP contribution in [0.25, 0.3) is 0 Å². The van der Waals surface area contributed by atoms with Crippen LogP contribution in [0.3, 0.4) is 0 Å². The van der Waals surface area contributed by atoms with E-state index >= 15 is 0 Å². The number of nitrogens with one attached hydrogen (secondary N) is 2. The highest BCUT2D eigenvalue weighted by Gasteiger charge is 2.02. The molecule has 2 rings (SSSR count). The zero-order valence-electron chi connectivity index (χ0n) is 10.1. The Morgan fingerprint density at radius 2 is 1.95 bits per heavy atom. The smallest absolute Gasteiger partial charge is 0.319 e. The van der Waals surface area contributed by atoms with E-state index in [0.717, 1.165) is 5.56 Å². The predicted octanol–water partition coefficient (Wildman–Crippen LogP) is 3.37. The van der Waals surface area contributed by atoms with Gasteiger partial charge in [-0.15, -0.1) is 0 Å². The molecule has 5 heteroatoms. The first-order valence-electron chi connectivity index (χ1n) is 5.72. The molecule has 4 nitrogen and oxygen atoms in total. The van der Waals surface area contributed by atoms with Crippen molar-refractivity contribution in [2.45, 2.75) is 6.54 Å². The molecule has 2 aromatic carbocycles. The molecule has 0 bridgehead atoms. The van der Waals surface area contributed by atoms with Crippen LogP contribution in [0.4, 0.5) is 10.5 Å². The maximum absolute atomic E-state index is 11.6. The van der Waals surface area contributed by atoms with E-state index in [-0.39, 0.29) is 11.8 Å². The SMILES string of the molecule is O=C(NCc1cccc(Cl)c1)Nc1cccc(O)c1. The number of amides is 2. The number of carbonyl (C=O) groups is 1. The van der Waals surface area contributed by atoms with Gasteiger partial charge in [-0.25, -0.2) is 4.79 Å². The Morgan fingerprint density at radius 1 is 1.16 bits per heavy atom. The summed E-state index contributed by atoms with van der Waals surface area (Å²) >= 11 is 5.85. The van der Waals surface area contributed by atoms with Gasteiger partial charge in [-0.3, -0.25) is 0 Å². The first-order chi connectivity index (χ1) is 9.13. The maximum Gasteiger partial charge on any atom is 0.319 e. The Labute approximate surface area is 116 Å². The van der Waals surface area contributed by atoms with Crippen LogP contribution in [0.2, 0.25) is 5.02 Å². The molecule has 0 unspecified atom stereocenters. The van der Waals surface area contributed by atoms with E-state index in [1.165, 1.54) is 12.1 Å². The fourth-order valence-electron chi connectivity index (χ4n) is 1.59. The highest BCUT2D eigenvalue weighted by atomic mass is 35.5. The molecule has 0 atom stereocenters. The second-order valence-corrected chi connectivity index (χ2v) is 4.42. The Morgan fingerprint density at radius 3 is 2.68 bits per heavy atom. The van der Waals surface area contributed by atoms with Gasteiger partial charge in [0.2, 0.25) is 0 Å². The Hall–Kier alpha value is -2.20. The fraction of sp³-hybridized carbons (Fsp3) is 0.0714. The lowest BCUT2D eigenvalue weighted by Crippen LogP contribution is -2.28. The van der Waals surface area contributed by atoms with E-state index < -0.39 is 0 Å². The molecule has 0 spiro atoms. The second kappa shape index (κ2) is 6.11. The van der Waals surface area contributed by atoms with Crippen LogP contribution in [-0.4, -0.2) is 11.1 Å². The van der Waals surface area contributed by atoms with Crippen molar-refractivity contribution in [3.05, 3.63) is 59.1 Å². The van der Waals surface area contributed by atoms with Crippen LogP contribution in [0, 0.1) is 0 Å². The summed E-state index contributed by atoms with van der Waals surface area (Å²) < 4.78 is 0. The van der Waals surface area contributed by atoms with Gasteiger partial charge in [-0.05, 0) is 29.8 Å². The first-order valence-corrected chi connectivity index (χ1v) is 6.09. The van der Waals surface area contributed by atoms with Gasteiger partial charge in [0, 0.05) is 23.3 Å². The number of aromatic hydroxyl groups is 1. The number of rotatable bonds is 3. The minimum atomic E-state index is -0.342. The summed E-state index contributed by atoms with van der Waals surface area (Å²) in [5.74, 6) is 0.104. The number of phenolic OH excluding ortho intramolecular Hbond substituents is 1. The number of hydrogen-bond donors (Lipinski definition) is 3. The molecule has 0 aromatic heterocycles. The van der Waals surface area contributed by atoms with Crippen molar-refractivity contribution in [3.8, 4) is 5.75 Å². The van der Waals surface area contributed by atoms with Crippen molar-refractivity contribution >= 4 is 23.3 Å². The highest BCUT2D eigenvalue weighted by molar-refractivity contribution is 6.30. The van der Waals surface area contributed by atoms with E-state index in [4.69, 9.17) is 11.6 Å². The lowest BCUT2D eigenvalue weighted by molar-refractivity contribution is 0.251. The molecule has 0 fully saturated rings. The molecule has 2 amide bonds. The highest BCUT2D eigenvalue weighted by Crippen LogP contribution is 2.15. The number of urea groups is 1. The molecular weight excluding hydrogens is 264 g/mol. The molecule has 0 radical (unpaired) electrons. The van der Waals surface area contributed by atoms with E-state index in [1.54, 1.807) is 24.3 Å². The number of phenols is 1. The Kier molecular flexibility index (Phi) is 4.26. The second-order valence-electron chi connectivity index (χ2n) is 3.99. The topological polar surface area (TPSA) is 61.4 Å². The van der Waals surface area contributed by atoms with Crippen molar-refractivity contribution in [2.75, 3.05) is 5.32 Å². The standard InChI is InChI=1S/C14H13ClN2O2/c15-11-4-1-3-10(7-11)9-16-14(19)17-12-5-2-6-13(18)8-12/h1-8,18H,9H2,(H2,16,17,19). The lowest BCUT2D eigenvalue weighted by Gasteiger charge is -2.08. The van der Waals surface area contributed by atoms with Gasteiger partial charge in [0.25, 0.3) is 0 Å². The van der Waals surface area contributed by atoms with Crippen LogP contribution >= 0.6 is 11.6 Å². The fourth-order valence-corrected chi connectivity index (χ4v) is 1.80. The third-order valence-corrected chi connectivity index (χ3v) is 2.68. The predicted molar refractivity (Wildman–Crippen MR) is 75.4 cm³/mol. The van der Waals surface area contributed by atoms with Crippen molar-refractivity contribution in [3.63, 3.8) is 0 Å². The van der Waals surface area contributed by atoms with Gasteiger partial charge >= 0.3 is 6.03 Å². The summed E-state index contributed by atoms with van der Waals surface area (Å²) in [4.78, 5) is 11.6. The van der Waals surface area contributed by atoms with E-state index in [1.807, 2.05) is 12.1 Å². The number of carbonyl (C=O) groups excluding carboxylic acids is 1. The molecule has 2 aromatic rings. The third kappa shape index (κ3) is 4.19. The van der Waals surface area contributed by atoms with Gasteiger partial charge < -0.3 is 15.7 Å². The van der Waals surface area contributed by atoms with Gasteiger partial charge in [-0.1, -0.05) is 29.8 Å². The molecule has 0 saturated carbocycles. The monoisotopic (exact) mass is 276 g/mol. The normalized spacial score (nSPS) is 9.95. The molecule has 98 valence electrons. The molecule has 0 aliphatic carbocycles. The lowest BCUT2D eigenvalue weighted by atomic mass is 10.2. The van der Waals surface area contributed by atoms with Crippen LogP contribution < -0.4 is 10.6 Å². The van der Waals surface area contributed by atoms with Crippen LogP contribution in [0.15, 0.2) is 48.5 Å². The number of hydrogen-bond acceptors (Lipinski definition) is 2. The Bertz CT molecular complexity index is 587. The van der Waals surface area contributed by atoms with Crippen molar-refractivity contribution < 1.29 is 9.90 Å². The summed E-state index contributed by atoms with van der Waals surface area (Å²) in [5, 5.41) is 15.2. The van der Waals surface area contributed by atoms with Crippen LogP contribution in [-0.2, 0) is 6.54 Å². The summed E-state index contributed by atoms with van der Waals surface area (Å²) in [6.45, 7) is 0.380. The molecule has 3 N–H and O–H groups in total. The molecule has 0 aliphatic heterocycles. The van der Waals surface area contributed by atoms with E-state index in [2.05, 4.69) is 10.6 Å². The summed E-state index contributed by atoms with van der Waals surface area (Å²) in [5.41, 5.74) is 1.45. The summed E-state index contributed by atoms with van der Waals surface area (Å²) in [7, 11) is 0. The quantitative estimate of drug-likeness (QED) is 0.805. The average Bonchev–Trinajstić information content (AvgIpc) is 2.36. The van der Waals surface area contributed by atoms with Crippen molar-refractivity contribution in [1.82, 2.24) is 5.32 Å². The van der Waals surface area contributed by atoms with Gasteiger partial charge in [-0.2, -0.15) is 0 Å². The average molecular weight is 277 g/mol. The maximum atomic E-state index is 11.6. The Balaban J connectivity index is 1.88. The van der Waals surface area contributed by atoms with Crippen LogP contribution in [0.1, 0.15) is 5.56 Å². The van der Waals surface area contributed by atoms with Crippen LogP contribution in [0.5, 0.6) is 5.75 Å². The number of halogens is 1. The minimum Gasteiger partial charge on any atom is -0.508 e. The zero-order chi connectivity index (χ0) is 13.7. The summed E-state index contributed by atoms with van der Waals surface area (Å²) in [6.07, 6.45) is 0. The summed E-state index contributed by atoms with van der Waals surface area (Å²) in [6, 6.07) is 13.3. The third-order valence-electron chi connectivity index (χ3n) is 2.45. The minimum absolute atomic E-state index is 0.104. The number of benzene rings is 2. The first kappa shape index (κ1) is 13.2. The zero-order valence-corrected chi connectivity index (χ0v) is 10.8. The molecule has 0 heterocycles. The van der Waals surface area contributed by atoms with Gasteiger partial charge in [0.05, 0.1) is 0 Å². The largest absolute Gasteiger partial charge is 0.508 e. The van der Waals surface area contributed by atoms with Gasteiger partial charge in [0.1, 0.15) is 5.75 Å². The number of anilines is 1. The van der Waals surface area contributed by atoms with E-state index in [9.17, 15) is 9.90 Å². The molecule has 0 saturated heterocycles. The van der Waals surface area contributed by atoms with Crippen molar-refractivity contribution in [2.24, 2.45) is 0 Å². The van der Waals surface area contributed by atoms with E-state index in [0.29, 0.717) is 17.3 Å². The van der Waals surface area contributed by atoms with Gasteiger partial charge in [0.15, 0.2) is 0 Å².